The highest BCUT2D eigenvalue weighted by Gasteiger charge is 2.07. The van der Waals surface area contributed by atoms with Crippen LogP contribution in [0.25, 0.3) is 17.5 Å². The van der Waals surface area contributed by atoms with Gasteiger partial charge in [0.25, 0.3) is 0 Å². The van der Waals surface area contributed by atoms with Crippen molar-refractivity contribution in [1.29, 1.82) is 0 Å². The summed E-state index contributed by atoms with van der Waals surface area (Å²) >= 11 is 11.1. The summed E-state index contributed by atoms with van der Waals surface area (Å²) in [7, 11) is 0. The molecule has 0 unspecified atom stereocenters. The van der Waals surface area contributed by atoms with E-state index in [2.05, 4.69) is 15.3 Å². The minimum Gasteiger partial charge on any atom is -0.465 e. The first-order valence-corrected chi connectivity index (χ1v) is 7.61. The van der Waals surface area contributed by atoms with E-state index in [1.54, 1.807) is 29.3 Å². The standard InChI is InChI=1S/C16H13ClN4OS/c1-11(9-14-3-2-8-22-14)10-18-21-15(19-20-16(21)23)12-4-6-13(17)7-5-12/h2-10H,1H3,(H,20,23). The molecule has 0 amide bonds. The van der Waals surface area contributed by atoms with E-state index < -0.39 is 0 Å². The van der Waals surface area contributed by atoms with E-state index in [-0.39, 0.29) is 0 Å². The van der Waals surface area contributed by atoms with Gasteiger partial charge in [0.15, 0.2) is 5.82 Å². The van der Waals surface area contributed by atoms with Crippen LogP contribution in [0.1, 0.15) is 12.7 Å². The van der Waals surface area contributed by atoms with Crippen LogP contribution in [0.4, 0.5) is 0 Å². The molecule has 0 radical (unpaired) electrons. The summed E-state index contributed by atoms with van der Waals surface area (Å²) in [6, 6.07) is 11.0. The number of rotatable bonds is 4. The van der Waals surface area contributed by atoms with Gasteiger partial charge in [0.1, 0.15) is 5.76 Å². The van der Waals surface area contributed by atoms with Crippen LogP contribution >= 0.6 is 23.8 Å². The largest absolute Gasteiger partial charge is 0.465 e. The van der Waals surface area contributed by atoms with Crippen molar-refractivity contribution in [1.82, 2.24) is 14.9 Å². The minimum atomic E-state index is 0.414. The number of aromatic amines is 1. The zero-order valence-corrected chi connectivity index (χ0v) is 13.8. The van der Waals surface area contributed by atoms with E-state index in [4.69, 9.17) is 28.2 Å². The maximum absolute atomic E-state index is 5.91. The Kier molecular flexibility index (Phi) is 4.55. The summed E-state index contributed by atoms with van der Waals surface area (Å²) in [5.74, 6) is 1.39. The SMILES string of the molecule is CC(C=Nn1c(-c2ccc(Cl)cc2)n[nH]c1=S)=Cc1ccco1. The van der Waals surface area contributed by atoms with Gasteiger partial charge in [-0.1, -0.05) is 11.6 Å². The molecule has 1 N–H and O–H groups in total. The van der Waals surface area contributed by atoms with Crippen molar-refractivity contribution in [2.75, 3.05) is 0 Å². The topological polar surface area (TPSA) is 59.1 Å². The lowest BCUT2D eigenvalue weighted by atomic mass is 10.2. The van der Waals surface area contributed by atoms with Crippen LogP contribution in [-0.2, 0) is 0 Å². The van der Waals surface area contributed by atoms with Crippen molar-refractivity contribution in [2.24, 2.45) is 5.10 Å². The molecule has 0 bridgehead atoms. The van der Waals surface area contributed by atoms with Crippen LogP contribution in [0.3, 0.4) is 0 Å². The van der Waals surface area contributed by atoms with Crippen LogP contribution in [0.5, 0.6) is 0 Å². The fourth-order valence-corrected chi connectivity index (χ4v) is 2.27. The Morgan fingerprint density at radius 3 is 2.83 bits per heavy atom. The molecule has 2 aromatic heterocycles. The second-order valence-electron chi connectivity index (χ2n) is 4.82. The van der Waals surface area contributed by atoms with Gasteiger partial charge < -0.3 is 4.42 Å². The van der Waals surface area contributed by atoms with Crippen molar-refractivity contribution in [3.8, 4) is 11.4 Å². The molecule has 0 spiro atoms. The van der Waals surface area contributed by atoms with E-state index in [0.717, 1.165) is 16.9 Å². The van der Waals surface area contributed by atoms with Gasteiger partial charge in [-0.05, 0) is 67.2 Å². The van der Waals surface area contributed by atoms with Crippen LogP contribution < -0.4 is 0 Å². The van der Waals surface area contributed by atoms with Crippen LogP contribution in [0.2, 0.25) is 5.02 Å². The molecule has 0 aliphatic rings. The van der Waals surface area contributed by atoms with Gasteiger partial charge in [-0.25, -0.2) is 5.10 Å². The molecule has 2 heterocycles. The number of allylic oxidation sites excluding steroid dienone is 1. The number of hydrogen-bond donors (Lipinski definition) is 1. The average Bonchev–Trinajstić information content (AvgIpc) is 3.16. The van der Waals surface area contributed by atoms with E-state index >= 15 is 0 Å². The fourth-order valence-electron chi connectivity index (χ4n) is 1.97. The Labute approximate surface area is 142 Å². The minimum absolute atomic E-state index is 0.414. The second kappa shape index (κ2) is 6.76. The molecule has 23 heavy (non-hydrogen) atoms. The van der Waals surface area contributed by atoms with Crippen molar-refractivity contribution < 1.29 is 4.42 Å². The summed E-state index contributed by atoms with van der Waals surface area (Å²) in [5.41, 5.74) is 1.79. The molecule has 3 aromatic rings. The van der Waals surface area contributed by atoms with Gasteiger partial charge in [0, 0.05) is 10.6 Å². The predicted octanol–water partition coefficient (Wildman–Crippen LogP) is 4.79. The van der Waals surface area contributed by atoms with E-state index in [0.29, 0.717) is 15.6 Å². The predicted molar refractivity (Wildman–Crippen MR) is 94.1 cm³/mol. The lowest BCUT2D eigenvalue weighted by Gasteiger charge is -2.01. The van der Waals surface area contributed by atoms with E-state index in [1.807, 2.05) is 37.3 Å². The highest BCUT2D eigenvalue weighted by molar-refractivity contribution is 7.71. The van der Waals surface area contributed by atoms with Crippen LogP contribution in [0.15, 0.2) is 57.8 Å². The summed E-state index contributed by atoms with van der Waals surface area (Å²) in [6.45, 7) is 1.93. The van der Waals surface area contributed by atoms with Gasteiger partial charge >= 0.3 is 0 Å². The van der Waals surface area contributed by atoms with Crippen LogP contribution in [0, 0.1) is 4.77 Å². The first-order chi connectivity index (χ1) is 11.1. The van der Waals surface area contributed by atoms with Crippen molar-refractivity contribution in [3.63, 3.8) is 0 Å². The molecular formula is C16H13ClN4OS. The highest BCUT2D eigenvalue weighted by Crippen LogP contribution is 2.19. The Morgan fingerprint density at radius 2 is 2.13 bits per heavy atom. The maximum Gasteiger partial charge on any atom is 0.216 e. The van der Waals surface area contributed by atoms with Gasteiger partial charge in [0.2, 0.25) is 4.77 Å². The third kappa shape index (κ3) is 3.67. The van der Waals surface area contributed by atoms with Gasteiger partial charge in [-0.2, -0.15) is 14.9 Å². The molecule has 0 aliphatic heterocycles. The average molecular weight is 345 g/mol. The van der Waals surface area contributed by atoms with Crippen molar-refractivity contribution >= 4 is 36.1 Å². The summed E-state index contributed by atoms with van der Waals surface area (Å²) < 4.78 is 7.25. The number of H-pyrrole nitrogens is 1. The first-order valence-electron chi connectivity index (χ1n) is 6.83. The van der Waals surface area contributed by atoms with E-state index in [1.165, 1.54) is 0 Å². The number of hydrogen-bond acceptors (Lipinski definition) is 4. The molecule has 1 aromatic carbocycles. The Hall–Kier alpha value is -2.44. The molecular weight excluding hydrogens is 332 g/mol. The maximum atomic E-state index is 5.91. The zero-order valence-electron chi connectivity index (χ0n) is 12.2. The first kappa shape index (κ1) is 15.5. The molecule has 0 saturated carbocycles. The lowest BCUT2D eigenvalue weighted by Crippen LogP contribution is -1.94. The smallest absolute Gasteiger partial charge is 0.216 e. The highest BCUT2D eigenvalue weighted by atomic mass is 35.5. The van der Waals surface area contributed by atoms with E-state index in [9.17, 15) is 0 Å². The van der Waals surface area contributed by atoms with Crippen molar-refractivity contribution in [2.45, 2.75) is 6.92 Å². The number of aromatic nitrogens is 3. The Balaban J connectivity index is 1.91. The molecule has 7 heteroatoms. The Morgan fingerprint density at radius 1 is 1.35 bits per heavy atom. The lowest BCUT2D eigenvalue weighted by molar-refractivity contribution is 0.557. The molecule has 0 fully saturated rings. The second-order valence-corrected chi connectivity index (χ2v) is 5.64. The molecule has 0 aliphatic carbocycles. The molecule has 0 saturated heterocycles. The van der Waals surface area contributed by atoms with Gasteiger partial charge in [-0.3, -0.25) is 0 Å². The number of nitrogens with zero attached hydrogens (tertiary/aromatic N) is 3. The summed E-state index contributed by atoms with van der Waals surface area (Å²) in [6.07, 6.45) is 5.21. The fraction of sp³-hybridized carbons (Fsp3) is 0.0625. The third-order valence-corrected chi connectivity index (χ3v) is 3.56. The monoisotopic (exact) mass is 344 g/mol. The normalized spacial score (nSPS) is 12.2. The number of halogens is 1. The number of furan rings is 1. The van der Waals surface area contributed by atoms with Crippen LogP contribution in [-0.4, -0.2) is 21.1 Å². The van der Waals surface area contributed by atoms with Crippen molar-refractivity contribution in [3.05, 3.63) is 63.8 Å². The Bertz CT molecular complexity index is 904. The summed E-state index contributed by atoms with van der Waals surface area (Å²) in [5, 5.41) is 12.0. The quantitative estimate of drug-likeness (QED) is 0.546. The summed E-state index contributed by atoms with van der Waals surface area (Å²) in [4.78, 5) is 0. The third-order valence-electron chi connectivity index (χ3n) is 3.04. The molecule has 3 rings (SSSR count). The number of benzene rings is 1. The molecule has 5 nitrogen and oxygen atoms in total. The number of nitrogens with one attached hydrogen (secondary N) is 1. The van der Waals surface area contributed by atoms with Gasteiger partial charge in [-0.15, -0.1) is 0 Å². The zero-order chi connectivity index (χ0) is 16.2. The van der Waals surface area contributed by atoms with Gasteiger partial charge in [0.05, 0.1) is 12.5 Å². The molecule has 116 valence electrons. The molecule has 0 atom stereocenters.